The lowest BCUT2D eigenvalue weighted by atomic mass is 10.1. The van der Waals surface area contributed by atoms with E-state index in [0.717, 1.165) is 37.9 Å². The molecule has 1 aromatic carbocycles. The summed E-state index contributed by atoms with van der Waals surface area (Å²) in [6.45, 7) is 3.25. The fourth-order valence-electron chi connectivity index (χ4n) is 2.03. The van der Waals surface area contributed by atoms with Crippen LogP contribution in [-0.2, 0) is 6.18 Å². The molecule has 0 unspecified atom stereocenters. The average molecular weight is 260 g/mol. The molecule has 1 N–H and O–H groups in total. The molecule has 0 spiro atoms. The Morgan fingerprint density at radius 1 is 1.22 bits per heavy atom. The van der Waals surface area contributed by atoms with E-state index < -0.39 is 11.7 Å². The van der Waals surface area contributed by atoms with Crippen molar-refractivity contribution in [3.8, 4) is 5.75 Å². The van der Waals surface area contributed by atoms with Crippen molar-refractivity contribution in [2.45, 2.75) is 6.18 Å². The van der Waals surface area contributed by atoms with Crippen LogP contribution in [0, 0.1) is 0 Å². The molecule has 100 valence electrons. The zero-order chi connectivity index (χ0) is 13.2. The minimum atomic E-state index is -4.38. The minimum Gasteiger partial charge on any atom is -0.496 e. The van der Waals surface area contributed by atoms with Gasteiger partial charge in [-0.25, -0.2) is 0 Å². The lowest BCUT2D eigenvalue weighted by Crippen LogP contribution is -2.43. The molecule has 1 aliphatic rings. The molecule has 2 rings (SSSR count). The molecule has 1 aromatic rings. The number of hydrogen-bond acceptors (Lipinski definition) is 3. The van der Waals surface area contributed by atoms with Crippen LogP contribution in [0.2, 0.25) is 0 Å². The van der Waals surface area contributed by atoms with Crippen molar-refractivity contribution in [3.05, 3.63) is 23.8 Å². The normalized spacial score (nSPS) is 16.8. The monoisotopic (exact) mass is 260 g/mol. The van der Waals surface area contributed by atoms with E-state index in [0.29, 0.717) is 0 Å². The van der Waals surface area contributed by atoms with Crippen molar-refractivity contribution in [2.75, 3.05) is 38.2 Å². The van der Waals surface area contributed by atoms with E-state index in [1.54, 1.807) is 0 Å². The van der Waals surface area contributed by atoms with E-state index >= 15 is 0 Å². The van der Waals surface area contributed by atoms with Crippen LogP contribution < -0.4 is 15.0 Å². The molecule has 6 heteroatoms. The van der Waals surface area contributed by atoms with E-state index in [9.17, 15) is 13.2 Å². The quantitative estimate of drug-likeness (QED) is 0.881. The molecule has 0 bridgehead atoms. The second kappa shape index (κ2) is 5.06. The van der Waals surface area contributed by atoms with E-state index in [1.165, 1.54) is 19.2 Å². The highest BCUT2D eigenvalue weighted by Crippen LogP contribution is 2.38. The molecule has 0 atom stereocenters. The molecule has 1 heterocycles. The first-order valence-corrected chi connectivity index (χ1v) is 5.73. The van der Waals surface area contributed by atoms with E-state index in [-0.39, 0.29) is 5.75 Å². The highest BCUT2D eigenvalue weighted by atomic mass is 19.4. The molecule has 0 saturated carbocycles. The summed E-state index contributed by atoms with van der Waals surface area (Å²) in [5, 5.41) is 3.20. The molecule has 0 aliphatic carbocycles. The summed E-state index contributed by atoms with van der Waals surface area (Å²) in [5.41, 5.74) is 0.0326. The lowest BCUT2D eigenvalue weighted by molar-refractivity contribution is -0.138. The number of hydrogen-bond donors (Lipinski definition) is 1. The Morgan fingerprint density at radius 2 is 1.89 bits per heavy atom. The fraction of sp³-hybridized carbons (Fsp3) is 0.500. The van der Waals surface area contributed by atoms with Gasteiger partial charge in [0.1, 0.15) is 5.75 Å². The third-order valence-electron chi connectivity index (χ3n) is 2.97. The van der Waals surface area contributed by atoms with Crippen molar-refractivity contribution in [1.29, 1.82) is 0 Å². The predicted octanol–water partition coefficient (Wildman–Crippen LogP) is 2.12. The Bertz CT molecular complexity index is 414. The minimum absolute atomic E-state index is 0.126. The SMILES string of the molecule is COc1cc(N2CCNCC2)ccc1C(F)(F)F. The highest BCUT2D eigenvalue weighted by molar-refractivity contribution is 5.54. The van der Waals surface area contributed by atoms with Crippen LogP contribution in [0.15, 0.2) is 18.2 Å². The molecule has 3 nitrogen and oxygen atoms in total. The Balaban J connectivity index is 2.29. The van der Waals surface area contributed by atoms with E-state index in [1.807, 2.05) is 4.90 Å². The molecular weight excluding hydrogens is 245 g/mol. The van der Waals surface area contributed by atoms with Gasteiger partial charge < -0.3 is 15.0 Å². The first-order chi connectivity index (χ1) is 8.52. The van der Waals surface area contributed by atoms with Crippen molar-refractivity contribution in [2.24, 2.45) is 0 Å². The van der Waals surface area contributed by atoms with E-state index in [4.69, 9.17) is 4.74 Å². The Kier molecular flexibility index (Phi) is 3.65. The maximum atomic E-state index is 12.7. The number of anilines is 1. The third-order valence-corrected chi connectivity index (χ3v) is 2.97. The van der Waals surface area contributed by atoms with Crippen LogP contribution in [0.4, 0.5) is 18.9 Å². The largest absolute Gasteiger partial charge is 0.496 e. The van der Waals surface area contributed by atoms with Gasteiger partial charge in [-0.15, -0.1) is 0 Å². The summed E-state index contributed by atoms with van der Waals surface area (Å²) < 4.78 is 43.0. The molecule has 0 aromatic heterocycles. The number of ether oxygens (including phenoxy) is 1. The van der Waals surface area contributed by atoms with Gasteiger partial charge >= 0.3 is 6.18 Å². The van der Waals surface area contributed by atoms with Crippen LogP contribution in [0.5, 0.6) is 5.75 Å². The van der Waals surface area contributed by atoms with Crippen LogP contribution >= 0.6 is 0 Å². The van der Waals surface area contributed by atoms with E-state index in [2.05, 4.69) is 5.32 Å². The predicted molar refractivity (Wildman–Crippen MR) is 63.1 cm³/mol. The zero-order valence-electron chi connectivity index (χ0n) is 10.0. The molecular formula is C12H15F3N2O. The van der Waals surface area contributed by atoms with Crippen molar-refractivity contribution in [1.82, 2.24) is 5.32 Å². The van der Waals surface area contributed by atoms with Gasteiger partial charge in [0, 0.05) is 37.9 Å². The van der Waals surface area contributed by atoms with Gasteiger partial charge in [-0.05, 0) is 12.1 Å². The lowest BCUT2D eigenvalue weighted by Gasteiger charge is -2.30. The maximum Gasteiger partial charge on any atom is 0.419 e. The van der Waals surface area contributed by atoms with Crippen molar-refractivity contribution >= 4 is 5.69 Å². The smallest absolute Gasteiger partial charge is 0.419 e. The first-order valence-electron chi connectivity index (χ1n) is 5.73. The molecule has 18 heavy (non-hydrogen) atoms. The summed E-state index contributed by atoms with van der Waals surface area (Å²) >= 11 is 0. The third kappa shape index (κ3) is 2.69. The zero-order valence-corrected chi connectivity index (χ0v) is 10.0. The van der Waals surface area contributed by atoms with Gasteiger partial charge in [0.2, 0.25) is 0 Å². The second-order valence-corrected chi connectivity index (χ2v) is 4.12. The van der Waals surface area contributed by atoms with Gasteiger partial charge in [0.15, 0.2) is 0 Å². The standard InChI is InChI=1S/C12H15F3N2O/c1-18-11-8-9(17-6-4-16-5-7-17)2-3-10(11)12(13,14)15/h2-3,8,16H,4-7H2,1H3. The summed E-state index contributed by atoms with van der Waals surface area (Å²) in [5.74, 6) is -0.126. The summed E-state index contributed by atoms with van der Waals surface area (Å²) in [4.78, 5) is 2.04. The number of nitrogens with one attached hydrogen (secondary N) is 1. The average Bonchev–Trinajstić information content (AvgIpc) is 2.38. The van der Waals surface area contributed by atoms with Gasteiger partial charge in [-0.3, -0.25) is 0 Å². The molecule has 0 radical (unpaired) electrons. The Labute approximate surface area is 104 Å². The number of halogens is 3. The number of methoxy groups -OCH3 is 1. The maximum absolute atomic E-state index is 12.7. The number of rotatable bonds is 2. The fourth-order valence-corrected chi connectivity index (χ4v) is 2.03. The summed E-state index contributed by atoms with van der Waals surface area (Å²) in [6, 6.07) is 4.03. The number of nitrogens with zero attached hydrogens (tertiary/aromatic N) is 1. The van der Waals surface area contributed by atoms with Gasteiger partial charge in [-0.2, -0.15) is 13.2 Å². The first kappa shape index (κ1) is 13.0. The van der Waals surface area contributed by atoms with Gasteiger partial charge in [0.05, 0.1) is 12.7 Å². The highest BCUT2D eigenvalue weighted by Gasteiger charge is 2.34. The molecule has 1 saturated heterocycles. The second-order valence-electron chi connectivity index (χ2n) is 4.12. The van der Waals surface area contributed by atoms with Gasteiger partial charge in [-0.1, -0.05) is 0 Å². The topological polar surface area (TPSA) is 24.5 Å². The van der Waals surface area contributed by atoms with Crippen LogP contribution in [-0.4, -0.2) is 33.3 Å². The van der Waals surface area contributed by atoms with Crippen LogP contribution in [0.1, 0.15) is 5.56 Å². The molecule has 0 amide bonds. The summed E-state index contributed by atoms with van der Waals surface area (Å²) in [7, 11) is 1.26. The van der Waals surface area contributed by atoms with Crippen molar-refractivity contribution < 1.29 is 17.9 Å². The number of piperazine rings is 1. The number of alkyl halides is 3. The molecule has 1 fully saturated rings. The summed E-state index contributed by atoms with van der Waals surface area (Å²) in [6.07, 6.45) is -4.38. The molecule has 1 aliphatic heterocycles. The van der Waals surface area contributed by atoms with Crippen molar-refractivity contribution in [3.63, 3.8) is 0 Å². The number of benzene rings is 1. The van der Waals surface area contributed by atoms with Crippen LogP contribution in [0.3, 0.4) is 0 Å². The Morgan fingerprint density at radius 3 is 2.44 bits per heavy atom. The van der Waals surface area contributed by atoms with Crippen LogP contribution in [0.25, 0.3) is 0 Å². The Hall–Kier alpha value is -1.43. The van der Waals surface area contributed by atoms with Gasteiger partial charge in [0.25, 0.3) is 0 Å².